The molecule has 1 aliphatic rings. The maximum atomic E-state index is 12.9. The molecule has 2 N–H and O–H groups in total. The van der Waals surface area contributed by atoms with Gasteiger partial charge < -0.3 is 15.2 Å². The van der Waals surface area contributed by atoms with Crippen LogP contribution in [0.2, 0.25) is 0 Å². The molecule has 3 heterocycles. The van der Waals surface area contributed by atoms with Crippen LogP contribution in [0.5, 0.6) is 0 Å². The van der Waals surface area contributed by atoms with Gasteiger partial charge in [0.2, 0.25) is 9.84 Å². The highest BCUT2D eigenvalue weighted by atomic mass is 32.2. The smallest absolute Gasteiger partial charge is 0.225 e. The number of pyridine rings is 1. The molecule has 124 valence electrons. The Bertz CT molecular complexity index is 961. The standard InChI is InChI=1S/C17H18N4O2S/c22-24(23,16-6-1-2-7-19-16)15-12-20-17-13(15)4-3-5-14(17)21-10-8-18-9-11-21/h1-7,12,18,20H,8-11H2. The first-order valence-corrected chi connectivity index (χ1v) is 9.38. The van der Waals surface area contributed by atoms with Gasteiger partial charge >= 0.3 is 0 Å². The van der Waals surface area contributed by atoms with Crippen molar-refractivity contribution in [1.29, 1.82) is 0 Å². The van der Waals surface area contributed by atoms with Crippen molar-refractivity contribution in [2.75, 3.05) is 31.1 Å². The molecule has 6 nitrogen and oxygen atoms in total. The molecular weight excluding hydrogens is 324 g/mol. The van der Waals surface area contributed by atoms with E-state index in [2.05, 4.69) is 20.2 Å². The fraction of sp³-hybridized carbons (Fsp3) is 0.235. The number of benzene rings is 1. The zero-order valence-electron chi connectivity index (χ0n) is 13.1. The Labute approximate surface area is 140 Å². The van der Waals surface area contributed by atoms with Crippen molar-refractivity contribution < 1.29 is 8.42 Å². The molecule has 2 aromatic heterocycles. The first kappa shape index (κ1) is 15.2. The van der Waals surface area contributed by atoms with Crippen molar-refractivity contribution in [2.45, 2.75) is 9.92 Å². The van der Waals surface area contributed by atoms with Crippen molar-refractivity contribution >= 4 is 26.4 Å². The van der Waals surface area contributed by atoms with Gasteiger partial charge in [0.25, 0.3) is 0 Å². The molecule has 1 aromatic carbocycles. The largest absolute Gasteiger partial charge is 0.367 e. The number of H-pyrrole nitrogens is 1. The van der Waals surface area contributed by atoms with Gasteiger partial charge in [-0.3, -0.25) is 0 Å². The maximum Gasteiger partial charge on any atom is 0.225 e. The number of nitrogens with zero attached hydrogens (tertiary/aromatic N) is 2. The first-order chi connectivity index (χ1) is 11.7. The first-order valence-electron chi connectivity index (χ1n) is 7.90. The van der Waals surface area contributed by atoms with E-state index in [9.17, 15) is 8.42 Å². The number of aromatic amines is 1. The van der Waals surface area contributed by atoms with Gasteiger partial charge in [0.1, 0.15) is 0 Å². The van der Waals surface area contributed by atoms with Crippen LogP contribution < -0.4 is 10.2 Å². The number of fused-ring (bicyclic) bond motifs is 1. The topological polar surface area (TPSA) is 78.1 Å². The second-order valence-corrected chi connectivity index (χ2v) is 7.63. The van der Waals surface area contributed by atoms with Crippen LogP contribution in [0.3, 0.4) is 0 Å². The molecule has 4 rings (SSSR count). The third-order valence-electron chi connectivity index (χ3n) is 4.32. The summed E-state index contributed by atoms with van der Waals surface area (Å²) < 4.78 is 25.8. The summed E-state index contributed by atoms with van der Waals surface area (Å²) in [5, 5.41) is 4.10. The second-order valence-electron chi connectivity index (χ2n) is 5.76. The molecule has 0 atom stereocenters. The lowest BCUT2D eigenvalue weighted by molar-refractivity contribution is 0.590. The molecule has 0 saturated carbocycles. The third kappa shape index (κ3) is 2.46. The SMILES string of the molecule is O=S(=O)(c1ccccn1)c1c[nH]c2c(N3CCNCC3)cccc12. The van der Waals surface area contributed by atoms with E-state index < -0.39 is 9.84 Å². The van der Waals surface area contributed by atoms with Gasteiger partial charge in [-0.2, -0.15) is 0 Å². The Hall–Kier alpha value is -2.38. The fourth-order valence-electron chi connectivity index (χ4n) is 3.12. The van der Waals surface area contributed by atoms with Crippen LogP contribution in [0.15, 0.2) is 58.7 Å². The minimum absolute atomic E-state index is 0.0680. The average Bonchev–Trinajstić information content (AvgIpc) is 3.08. The molecule has 0 unspecified atom stereocenters. The number of sulfone groups is 1. The van der Waals surface area contributed by atoms with Crippen molar-refractivity contribution in [2.24, 2.45) is 0 Å². The molecule has 0 amide bonds. The number of piperazine rings is 1. The molecule has 24 heavy (non-hydrogen) atoms. The van der Waals surface area contributed by atoms with Gasteiger partial charge in [0, 0.05) is 44.0 Å². The van der Waals surface area contributed by atoms with Crippen molar-refractivity contribution in [3.8, 4) is 0 Å². The van der Waals surface area contributed by atoms with E-state index in [1.807, 2.05) is 18.2 Å². The van der Waals surface area contributed by atoms with Gasteiger partial charge in [-0.25, -0.2) is 13.4 Å². The predicted octanol–water partition coefficient (Wildman–Crippen LogP) is 1.81. The normalized spacial score (nSPS) is 15.8. The van der Waals surface area contributed by atoms with Gasteiger partial charge in [0.15, 0.2) is 5.03 Å². The summed E-state index contributed by atoms with van der Waals surface area (Å²) in [7, 11) is -3.64. The minimum atomic E-state index is -3.64. The fourth-order valence-corrected chi connectivity index (χ4v) is 4.48. The van der Waals surface area contributed by atoms with E-state index in [0.717, 1.165) is 37.4 Å². The summed E-state index contributed by atoms with van der Waals surface area (Å²) in [4.78, 5) is 9.71. The summed E-state index contributed by atoms with van der Waals surface area (Å²) in [5.41, 5.74) is 1.89. The lowest BCUT2D eigenvalue weighted by Gasteiger charge is -2.29. The zero-order chi connectivity index (χ0) is 16.6. The number of aromatic nitrogens is 2. The highest BCUT2D eigenvalue weighted by Gasteiger charge is 2.24. The van der Waals surface area contributed by atoms with Crippen LogP contribution in [-0.4, -0.2) is 44.6 Å². The number of nitrogens with one attached hydrogen (secondary N) is 2. The summed E-state index contributed by atoms with van der Waals surface area (Å²) in [6.07, 6.45) is 3.06. The number of anilines is 1. The quantitative estimate of drug-likeness (QED) is 0.759. The Morgan fingerprint density at radius 1 is 1.04 bits per heavy atom. The van der Waals surface area contributed by atoms with Crippen molar-refractivity contribution in [3.63, 3.8) is 0 Å². The van der Waals surface area contributed by atoms with Gasteiger partial charge in [0.05, 0.1) is 16.1 Å². The molecule has 0 radical (unpaired) electrons. The van der Waals surface area contributed by atoms with Crippen LogP contribution >= 0.6 is 0 Å². The van der Waals surface area contributed by atoms with Gasteiger partial charge in [-0.1, -0.05) is 18.2 Å². The van der Waals surface area contributed by atoms with Crippen LogP contribution in [0, 0.1) is 0 Å². The molecule has 0 aliphatic carbocycles. The molecule has 0 spiro atoms. The van der Waals surface area contributed by atoms with Crippen LogP contribution in [0.25, 0.3) is 10.9 Å². The monoisotopic (exact) mass is 342 g/mol. The van der Waals surface area contributed by atoms with E-state index in [-0.39, 0.29) is 9.92 Å². The van der Waals surface area contributed by atoms with Crippen LogP contribution in [0.1, 0.15) is 0 Å². The van der Waals surface area contributed by atoms with Crippen molar-refractivity contribution in [1.82, 2.24) is 15.3 Å². The molecule has 1 saturated heterocycles. The Balaban J connectivity index is 1.84. The van der Waals surface area contributed by atoms with E-state index in [0.29, 0.717) is 5.39 Å². The van der Waals surface area contributed by atoms with Crippen molar-refractivity contribution in [3.05, 3.63) is 48.8 Å². The van der Waals surface area contributed by atoms with Gasteiger partial charge in [-0.15, -0.1) is 0 Å². The lowest BCUT2D eigenvalue weighted by atomic mass is 10.2. The number of hydrogen-bond acceptors (Lipinski definition) is 5. The summed E-state index contributed by atoms with van der Waals surface area (Å²) >= 11 is 0. The molecular formula is C17H18N4O2S. The minimum Gasteiger partial charge on any atom is -0.367 e. The average molecular weight is 342 g/mol. The molecule has 1 aliphatic heterocycles. The second kappa shape index (κ2) is 5.92. The third-order valence-corrected chi connectivity index (χ3v) is 6.02. The Kier molecular flexibility index (Phi) is 3.74. The molecule has 1 fully saturated rings. The van der Waals surface area contributed by atoms with Crippen LogP contribution in [-0.2, 0) is 9.84 Å². The Morgan fingerprint density at radius 3 is 2.62 bits per heavy atom. The predicted molar refractivity (Wildman–Crippen MR) is 93.1 cm³/mol. The summed E-state index contributed by atoms with van der Waals surface area (Å²) in [6.45, 7) is 3.66. The van der Waals surface area contributed by atoms with E-state index in [1.165, 1.54) is 12.3 Å². The number of hydrogen-bond donors (Lipinski definition) is 2. The molecule has 3 aromatic rings. The number of rotatable bonds is 3. The molecule has 7 heteroatoms. The van der Waals surface area contributed by atoms with Gasteiger partial charge in [-0.05, 0) is 18.2 Å². The summed E-state index contributed by atoms with van der Waals surface area (Å²) in [5.74, 6) is 0. The number of para-hydroxylation sites is 1. The highest BCUT2D eigenvalue weighted by molar-refractivity contribution is 7.91. The zero-order valence-corrected chi connectivity index (χ0v) is 13.9. The Morgan fingerprint density at radius 2 is 1.88 bits per heavy atom. The van der Waals surface area contributed by atoms with E-state index in [4.69, 9.17) is 0 Å². The molecule has 0 bridgehead atoms. The highest BCUT2D eigenvalue weighted by Crippen LogP contribution is 2.32. The summed E-state index contributed by atoms with van der Waals surface area (Å²) in [6, 6.07) is 10.7. The maximum absolute atomic E-state index is 12.9. The van der Waals surface area contributed by atoms with E-state index in [1.54, 1.807) is 18.3 Å². The van der Waals surface area contributed by atoms with E-state index >= 15 is 0 Å². The lowest BCUT2D eigenvalue weighted by Crippen LogP contribution is -2.43. The van der Waals surface area contributed by atoms with Crippen LogP contribution in [0.4, 0.5) is 5.69 Å².